The normalized spacial score (nSPS) is 10.3. The van der Waals surface area contributed by atoms with Crippen molar-refractivity contribution in [3.8, 4) is 56.3 Å². The van der Waals surface area contributed by atoms with Crippen LogP contribution in [0.15, 0.2) is 255 Å². The van der Waals surface area contributed by atoms with Gasteiger partial charge in [-0.3, -0.25) is 4.98 Å². The Balaban J connectivity index is 0.000000182. The molecule has 1 radical (unpaired) electrons. The summed E-state index contributed by atoms with van der Waals surface area (Å²) in [5, 5.41) is 19.2. The second kappa shape index (κ2) is 36.7. The Kier molecular flexibility index (Phi) is 28.7. The fourth-order valence-electron chi connectivity index (χ4n) is 10.3. The standard InChI is InChI=1S/C21H20N2.C21H19N2.3C12H10N.2CH4O.2Ir/c2*1-15(2)14-23-20-9-4-3-7-17(20)18-11-10-16(13-21(18)23)19-8-5-6-12-22-19;3*1-10-6-5-9-12(13-10)11-7-3-2-4-8-11;2*1-2;;/h3-13,15H,14H2,1-2H3;3-9,11-13,15H,14H2,1-2H3;3*2-7,9H,1H3;2*2H,1H3;;/q;4*-1;;;;+3. The Hall–Kier alpha value is -8.89. The van der Waals surface area contributed by atoms with E-state index in [1.54, 1.807) is 0 Å². The second-order valence-corrected chi connectivity index (χ2v) is 21.7. The summed E-state index contributed by atoms with van der Waals surface area (Å²) in [6, 6.07) is 94.9. The van der Waals surface area contributed by atoms with E-state index in [-0.39, 0.29) is 40.2 Å². The van der Waals surface area contributed by atoms with Crippen LogP contribution in [0.4, 0.5) is 0 Å². The number of aromatic nitrogens is 7. The molecular formula is C80H77Ir2N7O2-. The van der Waals surface area contributed by atoms with Gasteiger partial charge in [0, 0.05) is 110 Å². The van der Waals surface area contributed by atoms with Crippen LogP contribution in [0.2, 0.25) is 0 Å². The zero-order chi connectivity index (χ0) is 62.9. The molecule has 91 heavy (non-hydrogen) atoms. The SMILES string of the molecule is CC(C)Cn1c2ccccc2c2c[c-]c(-c3ccccn3)cc21.CC(C)Cn1c2ccccc2c2ccc(-c3ccccn3)cc21.CO.CO.Cc1cccc(-c2[c-]cccc2)n1.Cc1cccc(-c2[c-]cccc2)n1.Cc1cccc(-c2[c-]cccc2)n1.[Ir+3].[Ir]. The maximum atomic E-state index is 7.00. The number of rotatable bonds is 9. The van der Waals surface area contributed by atoms with Gasteiger partial charge in [0.15, 0.2) is 0 Å². The van der Waals surface area contributed by atoms with Crippen LogP contribution in [0, 0.1) is 56.9 Å². The smallest absolute Gasteiger partial charge is 0.400 e. The molecular weight excluding hydrogens is 1480 g/mol. The minimum atomic E-state index is 0. The Morgan fingerprint density at radius 1 is 0.352 bits per heavy atom. The number of fused-ring (bicyclic) bond motifs is 6. The van der Waals surface area contributed by atoms with Crippen LogP contribution in [0.5, 0.6) is 0 Å². The summed E-state index contributed by atoms with van der Waals surface area (Å²) in [6.45, 7) is 17.1. The zero-order valence-electron chi connectivity index (χ0n) is 53.0. The fourth-order valence-corrected chi connectivity index (χ4v) is 10.3. The van der Waals surface area contributed by atoms with Crippen LogP contribution >= 0.6 is 0 Å². The first-order chi connectivity index (χ1) is 43.6. The maximum absolute atomic E-state index is 7.00. The Bertz CT molecular complexity index is 4050. The van der Waals surface area contributed by atoms with Gasteiger partial charge in [0.1, 0.15) is 0 Å². The summed E-state index contributed by atoms with van der Waals surface area (Å²) in [5.41, 5.74) is 18.6. The fraction of sp³-hybridized carbons (Fsp3) is 0.163. The average molecular weight is 1550 g/mol. The molecule has 14 rings (SSSR count). The van der Waals surface area contributed by atoms with Crippen molar-refractivity contribution in [1.29, 1.82) is 0 Å². The monoisotopic (exact) mass is 1550 g/mol. The number of nitrogens with zero attached hydrogens (tertiary/aromatic N) is 7. The van der Waals surface area contributed by atoms with Gasteiger partial charge in [0.05, 0.1) is 5.69 Å². The third kappa shape index (κ3) is 19.6. The van der Waals surface area contributed by atoms with Gasteiger partial charge >= 0.3 is 20.1 Å². The number of aliphatic hydroxyl groups excluding tert-OH is 2. The average Bonchev–Trinajstić information content (AvgIpc) is 1.76. The van der Waals surface area contributed by atoms with Crippen molar-refractivity contribution in [1.82, 2.24) is 34.1 Å². The van der Waals surface area contributed by atoms with Crippen molar-refractivity contribution in [2.24, 2.45) is 11.8 Å². The first kappa shape index (κ1) is 71.2. The molecule has 0 aliphatic carbocycles. The summed E-state index contributed by atoms with van der Waals surface area (Å²) >= 11 is 0. The predicted octanol–water partition coefficient (Wildman–Crippen LogP) is 18.6. The molecule has 7 aromatic carbocycles. The maximum Gasteiger partial charge on any atom is 3.00 e. The summed E-state index contributed by atoms with van der Waals surface area (Å²) in [7, 11) is 2.00. The van der Waals surface area contributed by atoms with E-state index in [0.29, 0.717) is 11.8 Å². The Morgan fingerprint density at radius 2 is 0.725 bits per heavy atom. The molecule has 11 heteroatoms. The van der Waals surface area contributed by atoms with Crippen molar-refractivity contribution in [3.63, 3.8) is 0 Å². The number of benzene rings is 7. The van der Waals surface area contributed by atoms with Gasteiger partial charge < -0.3 is 39.3 Å². The van der Waals surface area contributed by atoms with Crippen LogP contribution < -0.4 is 0 Å². The minimum absolute atomic E-state index is 0. The molecule has 0 fully saturated rings. The van der Waals surface area contributed by atoms with Crippen LogP contribution in [0.25, 0.3) is 99.9 Å². The Morgan fingerprint density at radius 3 is 1.12 bits per heavy atom. The summed E-state index contributed by atoms with van der Waals surface area (Å²) < 4.78 is 4.87. The minimum Gasteiger partial charge on any atom is -0.400 e. The molecule has 0 unspecified atom stereocenters. The van der Waals surface area contributed by atoms with Gasteiger partial charge in [-0.25, -0.2) is 0 Å². The largest absolute Gasteiger partial charge is 3.00 e. The second-order valence-electron chi connectivity index (χ2n) is 21.7. The van der Waals surface area contributed by atoms with Crippen molar-refractivity contribution in [3.05, 3.63) is 296 Å². The van der Waals surface area contributed by atoms with Crippen LogP contribution in [-0.4, -0.2) is 58.5 Å². The molecule has 9 nitrogen and oxygen atoms in total. The van der Waals surface area contributed by atoms with E-state index in [1.165, 1.54) is 49.2 Å². The van der Waals surface area contributed by atoms with Gasteiger partial charge in [-0.15, -0.1) is 131 Å². The van der Waals surface area contributed by atoms with E-state index < -0.39 is 0 Å². The number of hydrogen-bond acceptors (Lipinski definition) is 7. The van der Waals surface area contributed by atoms with Gasteiger partial charge in [0.2, 0.25) is 0 Å². The molecule has 0 atom stereocenters. The summed E-state index contributed by atoms with van der Waals surface area (Å²) in [5.74, 6) is 1.20. The zero-order valence-corrected chi connectivity index (χ0v) is 57.8. The molecule has 7 heterocycles. The number of para-hydroxylation sites is 2. The van der Waals surface area contributed by atoms with Crippen molar-refractivity contribution in [2.75, 3.05) is 14.2 Å². The van der Waals surface area contributed by atoms with E-state index in [0.717, 1.165) is 95.1 Å². The van der Waals surface area contributed by atoms with Gasteiger partial charge in [-0.1, -0.05) is 136 Å². The van der Waals surface area contributed by atoms with Gasteiger partial charge in [-0.2, -0.15) is 0 Å². The molecule has 0 aliphatic heterocycles. The molecule has 2 N–H and O–H groups in total. The topological polar surface area (TPSA) is 115 Å². The molecule has 463 valence electrons. The number of aryl methyl sites for hydroxylation is 3. The van der Waals surface area contributed by atoms with E-state index in [4.69, 9.17) is 10.2 Å². The molecule has 0 bridgehead atoms. The van der Waals surface area contributed by atoms with Gasteiger partial charge in [-0.05, 0) is 121 Å². The quantitative estimate of drug-likeness (QED) is 0.138. The first-order valence-corrected chi connectivity index (χ1v) is 29.9. The van der Waals surface area contributed by atoms with E-state index in [9.17, 15) is 0 Å². The van der Waals surface area contributed by atoms with E-state index in [1.807, 2.05) is 191 Å². The number of pyridine rings is 5. The van der Waals surface area contributed by atoms with Crippen LogP contribution in [0.3, 0.4) is 0 Å². The third-order valence-corrected chi connectivity index (χ3v) is 14.1. The van der Waals surface area contributed by atoms with E-state index in [2.05, 4.69) is 171 Å². The van der Waals surface area contributed by atoms with Crippen molar-refractivity contribution < 1.29 is 50.4 Å². The van der Waals surface area contributed by atoms with Crippen LogP contribution in [0.1, 0.15) is 44.8 Å². The third-order valence-electron chi connectivity index (χ3n) is 14.1. The Labute approximate surface area is 564 Å². The molecule has 0 saturated carbocycles. The number of aliphatic hydroxyl groups is 2. The predicted molar refractivity (Wildman–Crippen MR) is 370 cm³/mol. The first-order valence-electron chi connectivity index (χ1n) is 29.9. The molecule has 0 aliphatic rings. The number of hydrogen-bond donors (Lipinski definition) is 2. The summed E-state index contributed by atoms with van der Waals surface area (Å²) in [4.78, 5) is 22.2. The van der Waals surface area contributed by atoms with Gasteiger partial charge in [0.25, 0.3) is 0 Å². The van der Waals surface area contributed by atoms with Crippen molar-refractivity contribution >= 4 is 43.6 Å². The molecule has 0 saturated heterocycles. The molecule has 0 amide bonds. The van der Waals surface area contributed by atoms with Crippen LogP contribution in [-0.2, 0) is 53.3 Å². The molecule has 7 aromatic heterocycles. The van der Waals surface area contributed by atoms with E-state index >= 15 is 0 Å². The summed E-state index contributed by atoms with van der Waals surface area (Å²) in [6.07, 6.45) is 3.68. The molecule has 0 spiro atoms. The van der Waals surface area contributed by atoms with Crippen molar-refractivity contribution in [2.45, 2.75) is 61.6 Å². The molecule has 14 aromatic rings.